The van der Waals surface area contributed by atoms with Gasteiger partial charge in [0.05, 0.1) is 12.0 Å². The summed E-state index contributed by atoms with van der Waals surface area (Å²) in [6, 6.07) is 12.5. The third-order valence-corrected chi connectivity index (χ3v) is 6.04. The Hall–Kier alpha value is -2.38. The maximum atomic E-state index is 5.50. The molecular formula is C20H20N4OS2. The van der Waals surface area contributed by atoms with Gasteiger partial charge in [-0.25, -0.2) is 4.98 Å². The fraction of sp³-hybridized carbons (Fsp3) is 0.250. The van der Waals surface area contributed by atoms with E-state index in [0.29, 0.717) is 0 Å². The Bertz CT molecular complexity index is 1020. The van der Waals surface area contributed by atoms with Crippen LogP contribution in [0, 0.1) is 6.92 Å². The summed E-state index contributed by atoms with van der Waals surface area (Å²) in [6.45, 7) is 6.34. The van der Waals surface area contributed by atoms with E-state index in [0.717, 1.165) is 38.8 Å². The molecule has 3 aromatic heterocycles. The Morgan fingerprint density at radius 2 is 1.96 bits per heavy atom. The Balaban J connectivity index is 1.52. The van der Waals surface area contributed by atoms with Crippen LogP contribution in [0.3, 0.4) is 0 Å². The van der Waals surface area contributed by atoms with Crippen molar-refractivity contribution in [1.29, 1.82) is 0 Å². The molecule has 3 heterocycles. The smallest absolute Gasteiger partial charge is 0.200 e. The molecule has 0 aliphatic carbocycles. The Labute approximate surface area is 166 Å². The van der Waals surface area contributed by atoms with Crippen LogP contribution in [0.15, 0.2) is 57.6 Å². The topological polar surface area (TPSA) is 56.7 Å². The fourth-order valence-electron chi connectivity index (χ4n) is 2.76. The zero-order valence-corrected chi connectivity index (χ0v) is 17.0. The van der Waals surface area contributed by atoms with Gasteiger partial charge < -0.3 is 4.42 Å². The molecule has 0 saturated carbocycles. The zero-order valence-electron chi connectivity index (χ0n) is 15.4. The monoisotopic (exact) mass is 396 g/mol. The number of hydrogen-bond donors (Lipinski definition) is 0. The summed E-state index contributed by atoms with van der Waals surface area (Å²) in [5.74, 6) is 2.25. The first-order valence-corrected chi connectivity index (χ1v) is 10.6. The predicted octanol–water partition coefficient (Wildman–Crippen LogP) is 5.84. The molecule has 0 atom stereocenters. The number of thioether (sulfide) groups is 1. The van der Waals surface area contributed by atoms with Crippen LogP contribution in [0.5, 0.6) is 0 Å². The molecule has 138 valence electrons. The number of benzene rings is 1. The van der Waals surface area contributed by atoms with Gasteiger partial charge >= 0.3 is 0 Å². The lowest BCUT2D eigenvalue weighted by Crippen LogP contribution is -2.04. The van der Waals surface area contributed by atoms with Gasteiger partial charge in [0.1, 0.15) is 5.01 Å². The van der Waals surface area contributed by atoms with Crippen LogP contribution in [0.25, 0.3) is 22.2 Å². The van der Waals surface area contributed by atoms with E-state index in [9.17, 15) is 0 Å². The van der Waals surface area contributed by atoms with E-state index in [1.165, 1.54) is 5.56 Å². The van der Waals surface area contributed by atoms with Gasteiger partial charge in [0, 0.05) is 22.7 Å². The minimum absolute atomic E-state index is 0.237. The molecule has 0 unspecified atom stereocenters. The first-order chi connectivity index (χ1) is 13.1. The molecular weight excluding hydrogens is 376 g/mol. The molecule has 0 saturated heterocycles. The molecule has 0 amide bonds. The normalized spacial score (nSPS) is 11.4. The van der Waals surface area contributed by atoms with Gasteiger partial charge in [-0.3, -0.25) is 4.57 Å². The minimum atomic E-state index is 0.237. The summed E-state index contributed by atoms with van der Waals surface area (Å²) in [7, 11) is 0. The molecule has 5 nitrogen and oxygen atoms in total. The van der Waals surface area contributed by atoms with Crippen LogP contribution in [0.4, 0.5) is 0 Å². The van der Waals surface area contributed by atoms with E-state index in [-0.39, 0.29) is 6.04 Å². The standard InChI is InChI=1S/C20H20N4OS2/c1-13(2)24-18(17-5-4-10-25-17)22-23-20(24)27-12-16-11-26-19(21-16)15-8-6-14(3)7-9-15/h4-11,13H,12H2,1-3H3. The second kappa shape index (κ2) is 7.70. The molecule has 7 heteroatoms. The SMILES string of the molecule is Cc1ccc(-c2nc(CSc3nnc(-c4ccco4)n3C(C)C)cs2)cc1. The maximum absolute atomic E-state index is 5.50. The van der Waals surface area contributed by atoms with Crippen molar-refractivity contribution in [2.24, 2.45) is 0 Å². The molecule has 0 aliphatic heterocycles. The number of rotatable bonds is 6. The molecule has 0 radical (unpaired) electrons. The lowest BCUT2D eigenvalue weighted by atomic mass is 10.2. The first-order valence-electron chi connectivity index (χ1n) is 8.75. The molecule has 0 spiro atoms. The van der Waals surface area contributed by atoms with Gasteiger partial charge in [-0.2, -0.15) is 0 Å². The van der Waals surface area contributed by atoms with Gasteiger partial charge in [0.25, 0.3) is 0 Å². The van der Waals surface area contributed by atoms with Crippen molar-refractivity contribution in [1.82, 2.24) is 19.7 Å². The Morgan fingerprint density at radius 3 is 2.67 bits per heavy atom. The van der Waals surface area contributed by atoms with Crippen LogP contribution < -0.4 is 0 Å². The van der Waals surface area contributed by atoms with Crippen molar-refractivity contribution in [2.45, 2.75) is 37.7 Å². The number of nitrogens with zero attached hydrogens (tertiary/aromatic N) is 4. The summed E-state index contributed by atoms with van der Waals surface area (Å²) in [5.41, 5.74) is 3.47. The fourth-order valence-corrected chi connectivity index (χ4v) is 4.65. The Kier molecular flexibility index (Phi) is 5.13. The van der Waals surface area contributed by atoms with Gasteiger partial charge in [-0.05, 0) is 32.9 Å². The molecule has 0 N–H and O–H groups in total. The number of aromatic nitrogens is 4. The third kappa shape index (κ3) is 3.84. The molecule has 0 aliphatic rings. The number of furan rings is 1. The number of hydrogen-bond acceptors (Lipinski definition) is 6. The van der Waals surface area contributed by atoms with E-state index in [1.807, 2.05) is 12.1 Å². The summed E-state index contributed by atoms with van der Waals surface area (Å²) >= 11 is 3.32. The molecule has 4 rings (SSSR count). The van der Waals surface area contributed by atoms with Gasteiger partial charge in [0.15, 0.2) is 10.9 Å². The summed E-state index contributed by atoms with van der Waals surface area (Å²) in [6.07, 6.45) is 1.66. The zero-order chi connectivity index (χ0) is 18.8. The molecule has 0 fully saturated rings. The van der Waals surface area contributed by atoms with Gasteiger partial charge in [-0.1, -0.05) is 41.6 Å². The van der Waals surface area contributed by atoms with Crippen molar-refractivity contribution < 1.29 is 4.42 Å². The maximum Gasteiger partial charge on any atom is 0.200 e. The van der Waals surface area contributed by atoms with E-state index >= 15 is 0 Å². The third-order valence-electron chi connectivity index (χ3n) is 4.12. The van der Waals surface area contributed by atoms with E-state index in [1.54, 1.807) is 29.4 Å². The largest absolute Gasteiger partial charge is 0.461 e. The number of thiazole rings is 1. The van der Waals surface area contributed by atoms with Crippen LogP contribution >= 0.6 is 23.1 Å². The van der Waals surface area contributed by atoms with E-state index in [4.69, 9.17) is 9.40 Å². The van der Waals surface area contributed by atoms with Crippen LogP contribution in [0.1, 0.15) is 31.1 Å². The molecule has 1 aromatic carbocycles. The van der Waals surface area contributed by atoms with Crippen LogP contribution in [-0.2, 0) is 5.75 Å². The second-order valence-electron chi connectivity index (χ2n) is 6.55. The van der Waals surface area contributed by atoms with Crippen molar-refractivity contribution in [3.63, 3.8) is 0 Å². The van der Waals surface area contributed by atoms with Gasteiger partial charge in [-0.15, -0.1) is 21.5 Å². The highest BCUT2D eigenvalue weighted by atomic mass is 32.2. The molecule has 0 bridgehead atoms. The molecule has 27 heavy (non-hydrogen) atoms. The highest BCUT2D eigenvalue weighted by Crippen LogP contribution is 2.31. The quantitative estimate of drug-likeness (QED) is 0.383. The van der Waals surface area contributed by atoms with E-state index in [2.05, 4.69) is 65.2 Å². The summed E-state index contributed by atoms with van der Waals surface area (Å²) in [5, 5.41) is 12.7. The average molecular weight is 397 g/mol. The summed E-state index contributed by atoms with van der Waals surface area (Å²) < 4.78 is 7.61. The highest BCUT2D eigenvalue weighted by molar-refractivity contribution is 7.98. The number of aryl methyl sites for hydroxylation is 1. The first kappa shape index (κ1) is 18.0. The average Bonchev–Trinajstić information content (AvgIpc) is 3.40. The van der Waals surface area contributed by atoms with Crippen molar-refractivity contribution in [3.8, 4) is 22.2 Å². The van der Waals surface area contributed by atoms with Crippen molar-refractivity contribution in [2.75, 3.05) is 0 Å². The second-order valence-corrected chi connectivity index (χ2v) is 8.35. The molecule has 4 aromatic rings. The van der Waals surface area contributed by atoms with Gasteiger partial charge in [0.2, 0.25) is 5.82 Å². The van der Waals surface area contributed by atoms with Crippen molar-refractivity contribution in [3.05, 3.63) is 59.3 Å². The van der Waals surface area contributed by atoms with Crippen LogP contribution in [0.2, 0.25) is 0 Å². The Morgan fingerprint density at radius 1 is 1.15 bits per heavy atom. The lowest BCUT2D eigenvalue weighted by Gasteiger charge is -2.12. The minimum Gasteiger partial charge on any atom is -0.461 e. The van der Waals surface area contributed by atoms with Crippen molar-refractivity contribution >= 4 is 23.1 Å². The summed E-state index contributed by atoms with van der Waals surface area (Å²) in [4.78, 5) is 4.78. The van der Waals surface area contributed by atoms with E-state index < -0.39 is 0 Å². The highest BCUT2D eigenvalue weighted by Gasteiger charge is 2.19. The lowest BCUT2D eigenvalue weighted by molar-refractivity contribution is 0.529. The van der Waals surface area contributed by atoms with Crippen LogP contribution in [-0.4, -0.2) is 19.7 Å². The predicted molar refractivity (Wildman–Crippen MR) is 110 cm³/mol.